The Bertz CT molecular complexity index is 867. The van der Waals surface area contributed by atoms with Crippen molar-refractivity contribution >= 4 is 39.9 Å². The van der Waals surface area contributed by atoms with E-state index in [9.17, 15) is 4.79 Å². The smallest absolute Gasteiger partial charge is 0.196 e. The van der Waals surface area contributed by atoms with E-state index in [1.807, 2.05) is 0 Å². The second-order valence-electron chi connectivity index (χ2n) is 4.32. The Morgan fingerprint density at radius 3 is 2.53 bits per heavy atom. The molecule has 0 aliphatic heterocycles. The first-order valence-electron chi connectivity index (χ1n) is 5.60. The summed E-state index contributed by atoms with van der Waals surface area (Å²) in [5, 5.41) is 5.46. The molecule has 0 N–H and O–H groups in total. The summed E-state index contributed by atoms with van der Waals surface area (Å²) in [7, 11) is 0. The highest BCUT2D eigenvalue weighted by Gasteiger charge is 2.32. The van der Waals surface area contributed by atoms with E-state index in [-0.39, 0.29) is 5.78 Å². The van der Waals surface area contributed by atoms with Crippen LogP contribution in [0.4, 0.5) is 0 Å². The number of rotatable bonds is 0. The first-order chi connectivity index (χ1) is 9.18. The molecule has 0 spiro atoms. The van der Waals surface area contributed by atoms with Crippen LogP contribution in [0.1, 0.15) is 15.9 Å². The van der Waals surface area contributed by atoms with Crippen LogP contribution in [-0.4, -0.2) is 10.9 Å². The van der Waals surface area contributed by atoms with Gasteiger partial charge in [0.15, 0.2) is 11.5 Å². The third-order valence-corrected chi connectivity index (χ3v) is 3.94. The monoisotopic (exact) mass is 289 g/mol. The molecule has 0 unspecified atom stereocenters. The Balaban J connectivity index is 2.28. The highest BCUT2D eigenvalue weighted by Crippen LogP contribution is 2.45. The van der Waals surface area contributed by atoms with Gasteiger partial charge in [-0.3, -0.25) is 4.79 Å². The van der Waals surface area contributed by atoms with Crippen molar-refractivity contribution in [3.05, 3.63) is 51.5 Å². The van der Waals surface area contributed by atoms with E-state index in [0.717, 1.165) is 0 Å². The Kier molecular flexibility index (Phi) is 2.08. The van der Waals surface area contributed by atoms with Gasteiger partial charge in [-0.25, -0.2) is 0 Å². The molecule has 0 saturated heterocycles. The van der Waals surface area contributed by atoms with Crippen molar-refractivity contribution in [2.75, 3.05) is 0 Å². The number of hydrogen-bond acceptors (Lipinski definition) is 3. The Morgan fingerprint density at radius 1 is 1.00 bits per heavy atom. The molecule has 0 atom stereocenters. The van der Waals surface area contributed by atoms with E-state index < -0.39 is 0 Å². The van der Waals surface area contributed by atoms with E-state index in [2.05, 4.69) is 5.16 Å². The third kappa shape index (κ3) is 1.29. The maximum atomic E-state index is 12.6. The molecule has 0 saturated carbocycles. The standard InChI is InChI=1S/C14H5Cl2NO2/c15-7-4-5-8(16)12-11(7)13(18)6-2-1-3-9-10(6)14(12)19-17-9/h1-5H. The SMILES string of the molecule is O=C1c2c(Cl)ccc(Cl)c2-c2onc3cccc1c23. The highest BCUT2D eigenvalue weighted by molar-refractivity contribution is 6.41. The van der Waals surface area contributed by atoms with Gasteiger partial charge in [0.1, 0.15) is 5.52 Å². The molecule has 0 bridgehead atoms. The molecule has 1 aromatic heterocycles. The van der Waals surface area contributed by atoms with Gasteiger partial charge in [-0.1, -0.05) is 40.5 Å². The predicted octanol–water partition coefficient (Wildman–Crippen LogP) is 4.35. The lowest BCUT2D eigenvalue weighted by atomic mass is 9.88. The van der Waals surface area contributed by atoms with Gasteiger partial charge in [0, 0.05) is 5.56 Å². The second-order valence-corrected chi connectivity index (χ2v) is 5.13. The van der Waals surface area contributed by atoms with Crippen LogP contribution < -0.4 is 0 Å². The number of halogens is 2. The third-order valence-electron chi connectivity index (χ3n) is 3.31. The fourth-order valence-corrected chi connectivity index (χ4v) is 2.97. The fraction of sp³-hybridized carbons (Fsp3) is 0. The minimum Gasteiger partial charge on any atom is -0.355 e. The largest absolute Gasteiger partial charge is 0.355 e. The van der Waals surface area contributed by atoms with Gasteiger partial charge < -0.3 is 4.52 Å². The van der Waals surface area contributed by atoms with E-state index in [1.165, 1.54) is 0 Å². The maximum absolute atomic E-state index is 12.6. The summed E-state index contributed by atoms with van der Waals surface area (Å²) in [4.78, 5) is 12.6. The number of benzene rings is 2. The molecular formula is C14H5Cl2NO2. The number of carbonyl (C=O) groups is 1. The van der Waals surface area contributed by atoms with Crippen molar-refractivity contribution in [1.82, 2.24) is 5.16 Å². The van der Waals surface area contributed by atoms with Gasteiger partial charge in [0.2, 0.25) is 0 Å². The molecule has 1 aliphatic carbocycles. The highest BCUT2D eigenvalue weighted by atomic mass is 35.5. The van der Waals surface area contributed by atoms with Gasteiger partial charge >= 0.3 is 0 Å². The molecule has 0 fully saturated rings. The number of carbonyl (C=O) groups excluding carboxylic acids is 1. The van der Waals surface area contributed by atoms with Gasteiger partial charge in [0.05, 0.1) is 26.6 Å². The van der Waals surface area contributed by atoms with Crippen molar-refractivity contribution < 1.29 is 9.32 Å². The lowest BCUT2D eigenvalue weighted by Gasteiger charge is -2.16. The van der Waals surface area contributed by atoms with Crippen molar-refractivity contribution in [1.29, 1.82) is 0 Å². The summed E-state index contributed by atoms with van der Waals surface area (Å²) in [5.74, 6) is 0.358. The average molecular weight is 290 g/mol. The fourth-order valence-electron chi connectivity index (χ4n) is 2.49. The maximum Gasteiger partial charge on any atom is 0.196 e. The molecule has 3 nitrogen and oxygen atoms in total. The molecule has 92 valence electrons. The molecule has 1 aliphatic rings. The molecule has 4 rings (SSSR count). The normalized spacial score (nSPS) is 12.8. The molecule has 0 radical (unpaired) electrons. The zero-order chi connectivity index (χ0) is 13.1. The first kappa shape index (κ1) is 11.0. The summed E-state index contributed by atoms with van der Waals surface area (Å²) in [6, 6.07) is 8.57. The summed E-state index contributed by atoms with van der Waals surface area (Å²) < 4.78 is 5.36. The Morgan fingerprint density at radius 2 is 1.74 bits per heavy atom. The average Bonchev–Trinajstić information content (AvgIpc) is 2.83. The van der Waals surface area contributed by atoms with Crippen LogP contribution in [0, 0.1) is 0 Å². The van der Waals surface area contributed by atoms with E-state index in [1.54, 1.807) is 30.3 Å². The van der Waals surface area contributed by atoms with Gasteiger partial charge in [-0.2, -0.15) is 0 Å². The Labute approximate surface area is 117 Å². The topological polar surface area (TPSA) is 43.1 Å². The van der Waals surface area contributed by atoms with E-state index in [4.69, 9.17) is 27.7 Å². The van der Waals surface area contributed by atoms with Crippen LogP contribution >= 0.6 is 23.2 Å². The predicted molar refractivity (Wildman–Crippen MR) is 72.9 cm³/mol. The van der Waals surface area contributed by atoms with Crippen LogP contribution in [0.3, 0.4) is 0 Å². The van der Waals surface area contributed by atoms with Crippen molar-refractivity contribution in [3.8, 4) is 11.3 Å². The quantitative estimate of drug-likeness (QED) is 0.483. The molecule has 0 amide bonds. The molecule has 1 heterocycles. The van der Waals surface area contributed by atoms with Crippen LogP contribution in [0.5, 0.6) is 0 Å². The molecule has 5 heteroatoms. The number of ketones is 1. The van der Waals surface area contributed by atoms with Gasteiger partial charge in [-0.05, 0) is 18.2 Å². The lowest BCUT2D eigenvalue weighted by Crippen LogP contribution is -2.09. The van der Waals surface area contributed by atoms with Gasteiger partial charge in [0.25, 0.3) is 0 Å². The van der Waals surface area contributed by atoms with Crippen LogP contribution in [0.15, 0.2) is 34.9 Å². The van der Waals surface area contributed by atoms with Crippen molar-refractivity contribution in [2.24, 2.45) is 0 Å². The van der Waals surface area contributed by atoms with E-state index >= 15 is 0 Å². The Hall–Kier alpha value is -1.84. The summed E-state index contributed by atoms with van der Waals surface area (Å²) in [6.07, 6.45) is 0. The molecule has 2 aromatic carbocycles. The number of nitrogens with zero attached hydrogens (tertiary/aromatic N) is 1. The minimum absolute atomic E-state index is 0.149. The number of aromatic nitrogens is 1. The zero-order valence-electron chi connectivity index (χ0n) is 9.41. The summed E-state index contributed by atoms with van der Waals surface area (Å²) >= 11 is 12.3. The zero-order valence-corrected chi connectivity index (χ0v) is 10.9. The van der Waals surface area contributed by atoms with Crippen LogP contribution in [0.2, 0.25) is 10.0 Å². The molecule has 3 aromatic rings. The molecular weight excluding hydrogens is 285 g/mol. The number of hydrogen-bond donors (Lipinski definition) is 0. The summed E-state index contributed by atoms with van der Waals surface area (Å²) in [6.45, 7) is 0. The van der Waals surface area contributed by atoms with Gasteiger partial charge in [-0.15, -0.1) is 0 Å². The number of fused-ring (bicyclic) bond motifs is 2. The summed E-state index contributed by atoms with van der Waals surface area (Å²) in [5.41, 5.74) is 2.10. The van der Waals surface area contributed by atoms with Crippen LogP contribution in [-0.2, 0) is 0 Å². The van der Waals surface area contributed by atoms with Crippen LogP contribution in [0.25, 0.3) is 22.2 Å². The van der Waals surface area contributed by atoms with Crippen molar-refractivity contribution in [3.63, 3.8) is 0 Å². The second kappa shape index (κ2) is 3.59. The lowest BCUT2D eigenvalue weighted by molar-refractivity contribution is 0.104. The molecule has 19 heavy (non-hydrogen) atoms. The first-order valence-corrected chi connectivity index (χ1v) is 6.35. The van der Waals surface area contributed by atoms with Crippen molar-refractivity contribution in [2.45, 2.75) is 0 Å². The minimum atomic E-state index is -0.149. The van der Waals surface area contributed by atoms with E-state index in [0.29, 0.717) is 43.4 Å².